The highest BCUT2D eigenvalue weighted by Gasteiger charge is 2.38. The highest BCUT2D eigenvalue weighted by Crippen LogP contribution is 2.33. The number of nitrogens with one attached hydrogen (secondary N) is 1. The van der Waals surface area contributed by atoms with Gasteiger partial charge in [0, 0.05) is 45.4 Å². The lowest BCUT2D eigenvalue weighted by atomic mass is 9.79. The summed E-state index contributed by atoms with van der Waals surface area (Å²) in [4.78, 5) is 5.07. The molecule has 2 aliphatic rings. The second-order valence-electron chi connectivity index (χ2n) is 6.85. The monoisotopic (exact) mass is 269 g/mol. The number of hydrogen-bond donors (Lipinski definition) is 1. The lowest BCUT2D eigenvalue weighted by Gasteiger charge is -2.40. The number of likely N-dealkylation sites (N-methyl/N-ethyl adjacent to an activating group) is 1. The average molecular weight is 269 g/mol. The number of likely N-dealkylation sites (tertiary alicyclic amines) is 1. The first-order chi connectivity index (χ1) is 9.06. The molecule has 2 rings (SSSR count). The summed E-state index contributed by atoms with van der Waals surface area (Å²) >= 11 is 0. The van der Waals surface area contributed by atoms with Crippen LogP contribution < -0.4 is 5.32 Å². The molecule has 2 heterocycles. The predicted molar refractivity (Wildman–Crippen MR) is 79.5 cm³/mol. The lowest BCUT2D eigenvalue weighted by molar-refractivity contribution is -0.000967. The SMILES string of the molecule is CNCC1(CN2CC(C)C(N(C)C)C2)CCOCC1. The second-order valence-corrected chi connectivity index (χ2v) is 6.85. The first kappa shape index (κ1) is 15.2. The van der Waals surface area contributed by atoms with E-state index in [0.29, 0.717) is 11.5 Å². The Hall–Kier alpha value is -0.160. The van der Waals surface area contributed by atoms with Crippen molar-refractivity contribution >= 4 is 0 Å². The zero-order valence-electron chi connectivity index (χ0n) is 13.1. The molecule has 0 aliphatic carbocycles. The molecule has 0 aromatic heterocycles. The first-order valence-electron chi connectivity index (χ1n) is 7.67. The molecule has 0 amide bonds. The van der Waals surface area contributed by atoms with Gasteiger partial charge in [-0.2, -0.15) is 0 Å². The Morgan fingerprint density at radius 3 is 2.47 bits per heavy atom. The Labute approximate surface area is 118 Å². The van der Waals surface area contributed by atoms with Crippen LogP contribution in [-0.2, 0) is 4.74 Å². The van der Waals surface area contributed by atoms with Crippen LogP contribution in [0.4, 0.5) is 0 Å². The van der Waals surface area contributed by atoms with Crippen LogP contribution in [0.15, 0.2) is 0 Å². The minimum atomic E-state index is 0.425. The van der Waals surface area contributed by atoms with Gasteiger partial charge in [0.15, 0.2) is 0 Å². The van der Waals surface area contributed by atoms with Crippen LogP contribution in [0, 0.1) is 11.3 Å². The van der Waals surface area contributed by atoms with Crippen LogP contribution in [-0.4, -0.2) is 76.4 Å². The smallest absolute Gasteiger partial charge is 0.0472 e. The minimum Gasteiger partial charge on any atom is -0.381 e. The fourth-order valence-corrected chi connectivity index (χ4v) is 3.89. The third kappa shape index (κ3) is 3.69. The lowest BCUT2D eigenvalue weighted by Crippen LogP contribution is -2.46. The molecular weight excluding hydrogens is 238 g/mol. The van der Waals surface area contributed by atoms with Crippen LogP contribution in [0.25, 0.3) is 0 Å². The maximum atomic E-state index is 5.56. The van der Waals surface area contributed by atoms with E-state index in [1.807, 2.05) is 0 Å². The normalized spacial score (nSPS) is 32.1. The van der Waals surface area contributed by atoms with E-state index in [1.165, 1.54) is 32.5 Å². The Kier molecular flexibility index (Phi) is 5.23. The van der Waals surface area contributed by atoms with Crippen molar-refractivity contribution in [1.29, 1.82) is 0 Å². The molecule has 0 saturated carbocycles. The Morgan fingerprint density at radius 2 is 1.95 bits per heavy atom. The Bertz CT molecular complexity index is 271. The molecule has 0 aromatic rings. The van der Waals surface area contributed by atoms with Gasteiger partial charge in [0.05, 0.1) is 0 Å². The molecule has 2 unspecified atom stereocenters. The van der Waals surface area contributed by atoms with Gasteiger partial charge >= 0.3 is 0 Å². The summed E-state index contributed by atoms with van der Waals surface area (Å²) in [5, 5.41) is 3.40. The quantitative estimate of drug-likeness (QED) is 0.802. The molecule has 19 heavy (non-hydrogen) atoms. The topological polar surface area (TPSA) is 27.7 Å². The Balaban J connectivity index is 1.95. The van der Waals surface area contributed by atoms with E-state index in [2.05, 4.69) is 43.2 Å². The van der Waals surface area contributed by atoms with Crippen molar-refractivity contribution in [1.82, 2.24) is 15.1 Å². The molecule has 0 radical (unpaired) electrons. The van der Waals surface area contributed by atoms with E-state index in [-0.39, 0.29) is 0 Å². The molecule has 0 bridgehead atoms. The summed E-state index contributed by atoms with van der Waals surface area (Å²) in [5.74, 6) is 0.779. The van der Waals surface area contributed by atoms with Gasteiger partial charge in [0.1, 0.15) is 0 Å². The van der Waals surface area contributed by atoms with Crippen LogP contribution in [0.5, 0.6) is 0 Å². The molecule has 0 spiro atoms. The predicted octanol–water partition coefficient (Wildman–Crippen LogP) is 0.885. The van der Waals surface area contributed by atoms with Gasteiger partial charge in [-0.05, 0) is 45.3 Å². The first-order valence-corrected chi connectivity index (χ1v) is 7.67. The molecule has 2 aliphatic heterocycles. The van der Waals surface area contributed by atoms with Gasteiger partial charge in [-0.3, -0.25) is 0 Å². The summed E-state index contributed by atoms with van der Waals surface area (Å²) in [6.45, 7) is 9.07. The van der Waals surface area contributed by atoms with E-state index in [1.54, 1.807) is 0 Å². The largest absolute Gasteiger partial charge is 0.381 e. The van der Waals surface area contributed by atoms with Crippen LogP contribution in [0.1, 0.15) is 19.8 Å². The summed E-state index contributed by atoms with van der Waals surface area (Å²) in [6.07, 6.45) is 2.40. The van der Waals surface area contributed by atoms with Crippen molar-refractivity contribution < 1.29 is 4.74 Å². The van der Waals surface area contributed by atoms with Crippen LogP contribution >= 0.6 is 0 Å². The maximum absolute atomic E-state index is 5.56. The molecule has 2 fully saturated rings. The fourth-order valence-electron chi connectivity index (χ4n) is 3.89. The number of nitrogens with zero attached hydrogens (tertiary/aromatic N) is 2. The second kappa shape index (κ2) is 6.53. The van der Waals surface area contributed by atoms with E-state index < -0.39 is 0 Å². The van der Waals surface area contributed by atoms with Crippen molar-refractivity contribution in [2.45, 2.75) is 25.8 Å². The number of hydrogen-bond acceptors (Lipinski definition) is 4. The zero-order chi connectivity index (χ0) is 13.9. The van der Waals surface area contributed by atoms with Crippen LogP contribution in [0.3, 0.4) is 0 Å². The molecule has 1 N–H and O–H groups in total. The summed E-state index contributed by atoms with van der Waals surface area (Å²) < 4.78 is 5.56. The van der Waals surface area contributed by atoms with Crippen molar-refractivity contribution in [3.63, 3.8) is 0 Å². The van der Waals surface area contributed by atoms with E-state index >= 15 is 0 Å². The molecule has 4 heteroatoms. The molecule has 112 valence electrons. The highest BCUT2D eigenvalue weighted by atomic mass is 16.5. The van der Waals surface area contributed by atoms with Gasteiger partial charge in [-0.25, -0.2) is 0 Å². The van der Waals surface area contributed by atoms with E-state index in [0.717, 1.165) is 25.7 Å². The van der Waals surface area contributed by atoms with Crippen LogP contribution in [0.2, 0.25) is 0 Å². The third-order valence-electron chi connectivity index (χ3n) is 4.98. The van der Waals surface area contributed by atoms with Gasteiger partial charge in [-0.15, -0.1) is 0 Å². The van der Waals surface area contributed by atoms with Gasteiger partial charge < -0.3 is 19.9 Å². The van der Waals surface area contributed by atoms with E-state index in [9.17, 15) is 0 Å². The van der Waals surface area contributed by atoms with Crippen molar-refractivity contribution in [3.8, 4) is 0 Å². The number of rotatable bonds is 5. The van der Waals surface area contributed by atoms with Gasteiger partial charge in [0.2, 0.25) is 0 Å². The third-order valence-corrected chi connectivity index (χ3v) is 4.98. The molecule has 4 nitrogen and oxygen atoms in total. The van der Waals surface area contributed by atoms with Gasteiger partial charge in [-0.1, -0.05) is 6.92 Å². The average Bonchev–Trinajstić information content (AvgIpc) is 2.71. The summed E-state index contributed by atoms with van der Waals surface area (Å²) in [5.41, 5.74) is 0.425. The Morgan fingerprint density at radius 1 is 1.26 bits per heavy atom. The molecule has 2 saturated heterocycles. The van der Waals surface area contributed by atoms with Crippen molar-refractivity contribution in [2.24, 2.45) is 11.3 Å². The number of ether oxygens (including phenoxy) is 1. The highest BCUT2D eigenvalue weighted by molar-refractivity contribution is 4.93. The molecule has 2 atom stereocenters. The van der Waals surface area contributed by atoms with Crippen molar-refractivity contribution in [3.05, 3.63) is 0 Å². The molecule has 0 aromatic carbocycles. The summed E-state index contributed by atoms with van der Waals surface area (Å²) in [6, 6.07) is 0.714. The van der Waals surface area contributed by atoms with Crippen molar-refractivity contribution in [2.75, 3.05) is 60.5 Å². The standard InChI is InChI=1S/C15H31N3O/c1-13-9-18(10-14(13)17(3)4)12-15(11-16-2)5-7-19-8-6-15/h13-14,16H,5-12H2,1-4H3. The fraction of sp³-hybridized carbons (Fsp3) is 1.00. The van der Waals surface area contributed by atoms with Gasteiger partial charge in [0.25, 0.3) is 0 Å². The maximum Gasteiger partial charge on any atom is 0.0472 e. The zero-order valence-corrected chi connectivity index (χ0v) is 13.1. The minimum absolute atomic E-state index is 0.425. The summed E-state index contributed by atoms with van der Waals surface area (Å²) in [7, 11) is 6.50. The van der Waals surface area contributed by atoms with E-state index in [4.69, 9.17) is 4.74 Å². The molecular formula is C15H31N3O.